The van der Waals surface area contributed by atoms with Crippen molar-refractivity contribution in [2.45, 2.75) is 25.4 Å². The molecule has 10 nitrogen and oxygen atoms in total. The largest absolute Gasteiger partial charge is 0.511 e. The van der Waals surface area contributed by atoms with Crippen molar-refractivity contribution in [2.24, 2.45) is 23.5 Å². The Balaban J connectivity index is 1.89. The second-order valence-corrected chi connectivity index (χ2v) is 10.9. The summed E-state index contributed by atoms with van der Waals surface area (Å²) in [6, 6.07) is 1.02. The number of rotatable bonds is 7. The molecular weight excluding hydrogens is 495 g/mol. The number of phenols is 1. The zero-order valence-electron chi connectivity index (χ0n) is 22.3. The maximum Gasteiger partial charge on any atom is 0.255 e. The molecule has 1 aromatic carbocycles. The normalized spacial score (nSPS) is 25.1. The molecule has 38 heavy (non-hydrogen) atoms. The summed E-state index contributed by atoms with van der Waals surface area (Å²) in [5, 5.41) is 33.5. The zero-order chi connectivity index (χ0) is 28.2. The molecule has 4 rings (SSSR count). The standard InChI is InChI=1S/C27H35FN4O6/c1-30(2)16-10-13(11-32(5)7-6-28)22(33)18-14(16)8-12-9-15-19(24(35)17(12)23(18)34)25(36)20(27(29)38)26(37)21(15)31(3)4/h10,12,15,19,21,33,35,37H,6-9,11H2,1-5H3,(H2,29,38). The Morgan fingerprint density at radius 2 is 1.76 bits per heavy atom. The smallest absolute Gasteiger partial charge is 0.255 e. The molecule has 3 aliphatic rings. The van der Waals surface area contributed by atoms with Crippen molar-refractivity contribution >= 4 is 23.2 Å². The number of likely N-dealkylation sites (N-methyl/N-ethyl adjacent to an activating group) is 1. The number of primary amides is 1. The topological polar surface area (TPSA) is 148 Å². The summed E-state index contributed by atoms with van der Waals surface area (Å²) in [5.41, 5.74) is 6.71. The molecule has 5 N–H and O–H groups in total. The molecule has 1 amide bonds. The van der Waals surface area contributed by atoms with E-state index in [-0.39, 0.29) is 36.4 Å². The van der Waals surface area contributed by atoms with Crippen molar-refractivity contribution in [3.8, 4) is 5.75 Å². The number of fused-ring (bicyclic) bond motifs is 3. The molecule has 4 unspecified atom stereocenters. The number of halogens is 1. The Morgan fingerprint density at radius 3 is 2.32 bits per heavy atom. The third-order valence-corrected chi connectivity index (χ3v) is 8.01. The van der Waals surface area contributed by atoms with E-state index < -0.39 is 65.0 Å². The molecule has 0 aliphatic heterocycles. The van der Waals surface area contributed by atoms with Crippen LogP contribution in [0, 0.1) is 17.8 Å². The van der Waals surface area contributed by atoms with Gasteiger partial charge in [-0.15, -0.1) is 0 Å². The van der Waals surface area contributed by atoms with E-state index >= 15 is 0 Å². The molecule has 206 valence electrons. The van der Waals surface area contributed by atoms with Gasteiger partial charge in [-0.2, -0.15) is 0 Å². The second kappa shape index (κ2) is 10.0. The van der Waals surface area contributed by atoms with Gasteiger partial charge in [0.2, 0.25) is 0 Å². The predicted molar refractivity (Wildman–Crippen MR) is 139 cm³/mol. The Morgan fingerprint density at radius 1 is 1.11 bits per heavy atom. The van der Waals surface area contributed by atoms with Gasteiger partial charge in [-0.05, 0) is 57.5 Å². The number of allylic oxidation sites excluding steroid dienone is 2. The molecule has 0 heterocycles. The molecule has 0 bridgehead atoms. The molecule has 0 fully saturated rings. The van der Waals surface area contributed by atoms with Crippen LogP contribution in [-0.4, -0.2) is 97.1 Å². The van der Waals surface area contributed by atoms with E-state index in [1.165, 1.54) is 0 Å². The highest BCUT2D eigenvalue weighted by atomic mass is 19.1. The SMILES string of the molecule is CN(CCF)Cc1cc(N(C)C)c2c(c1O)C(=O)C1=C(O)C3C(=O)C(C(N)=O)=C(O)C(N(C)C)C3CC1C2. The average Bonchev–Trinajstić information content (AvgIpc) is 2.79. The van der Waals surface area contributed by atoms with Gasteiger partial charge in [-0.1, -0.05) is 0 Å². The number of amides is 1. The van der Waals surface area contributed by atoms with Crippen LogP contribution >= 0.6 is 0 Å². The van der Waals surface area contributed by atoms with Crippen molar-refractivity contribution < 1.29 is 34.1 Å². The van der Waals surface area contributed by atoms with Crippen LogP contribution in [0.15, 0.2) is 28.7 Å². The highest BCUT2D eigenvalue weighted by Crippen LogP contribution is 2.51. The number of carbonyl (C=O) groups excluding carboxylic acids is 3. The number of nitrogens with two attached hydrogens (primary N) is 1. The molecule has 0 radical (unpaired) electrons. The average molecular weight is 531 g/mol. The van der Waals surface area contributed by atoms with E-state index in [1.54, 1.807) is 37.0 Å². The van der Waals surface area contributed by atoms with E-state index in [0.717, 1.165) is 5.69 Å². The van der Waals surface area contributed by atoms with Gasteiger partial charge >= 0.3 is 0 Å². The summed E-state index contributed by atoms with van der Waals surface area (Å²) in [6.45, 7) is -0.214. The fourth-order valence-electron chi connectivity index (χ4n) is 6.40. The first-order valence-corrected chi connectivity index (χ1v) is 12.5. The van der Waals surface area contributed by atoms with E-state index in [9.17, 15) is 34.1 Å². The number of nitrogens with zero attached hydrogens (tertiary/aromatic N) is 3. The molecule has 0 saturated heterocycles. The molecule has 1 aromatic rings. The van der Waals surface area contributed by atoms with Crippen LogP contribution in [0.2, 0.25) is 0 Å². The van der Waals surface area contributed by atoms with E-state index in [2.05, 4.69) is 0 Å². The Labute approximate surface area is 220 Å². The lowest BCUT2D eigenvalue weighted by Gasteiger charge is -2.46. The number of carbonyl (C=O) groups is 3. The summed E-state index contributed by atoms with van der Waals surface area (Å²) >= 11 is 0. The van der Waals surface area contributed by atoms with Crippen LogP contribution < -0.4 is 10.6 Å². The van der Waals surface area contributed by atoms with Crippen molar-refractivity contribution in [1.82, 2.24) is 9.80 Å². The fourth-order valence-corrected chi connectivity index (χ4v) is 6.40. The first-order valence-electron chi connectivity index (χ1n) is 12.5. The number of hydrogen-bond acceptors (Lipinski definition) is 9. The fraction of sp³-hybridized carbons (Fsp3) is 0.519. The molecular formula is C27H35FN4O6. The number of phenolic OH excluding ortho intramolecular Hbond substituents is 1. The number of aliphatic hydroxyl groups is 2. The van der Waals surface area contributed by atoms with Crippen molar-refractivity contribution in [1.29, 1.82) is 0 Å². The number of aliphatic hydroxyl groups excluding tert-OH is 2. The quantitative estimate of drug-likeness (QED) is 0.385. The lowest BCUT2D eigenvalue weighted by Crippen LogP contribution is -2.53. The zero-order valence-corrected chi connectivity index (χ0v) is 22.3. The van der Waals surface area contributed by atoms with Gasteiger partial charge in [-0.25, -0.2) is 4.39 Å². The Hall–Kier alpha value is -3.44. The van der Waals surface area contributed by atoms with E-state index in [0.29, 0.717) is 17.5 Å². The third kappa shape index (κ3) is 4.23. The van der Waals surface area contributed by atoms with Gasteiger partial charge in [0.25, 0.3) is 5.91 Å². The first kappa shape index (κ1) is 27.6. The third-order valence-electron chi connectivity index (χ3n) is 8.01. The van der Waals surface area contributed by atoms with Crippen molar-refractivity contribution in [2.75, 3.05) is 53.4 Å². The van der Waals surface area contributed by atoms with Crippen molar-refractivity contribution in [3.63, 3.8) is 0 Å². The van der Waals surface area contributed by atoms with Gasteiger partial charge < -0.3 is 26.0 Å². The number of Topliss-reactive ketones (excluding diaryl/α,β-unsaturated/α-hetero) is 2. The van der Waals surface area contributed by atoms with Gasteiger partial charge in [0, 0.05) is 44.0 Å². The van der Waals surface area contributed by atoms with Crippen LogP contribution in [0.3, 0.4) is 0 Å². The highest BCUT2D eigenvalue weighted by molar-refractivity contribution is 6.22. The van der Waals surface area contributed by atoms with Gasteiger partial charge in [0.15, 0.2) is 11.6 Å². The van der Waals surface area contributed by atoms with Gasteiger partial charge in [-0.3, -0.25) is 24.2 Å². The number of alkyl halides is 1. The van der Waals surface area contributed by atoms with Crippen LogP contribution in [0.25, 0.3) is 0 Å². The maximum absolute atomic E-state index is 14.0. The predicted octanol–water partition coefficient (Wildman–Crippen LogP) is 1.47. The summed E-state index contributed by atoms with van der Waals surface area (Å²) in [5.74, 6) is -5.94. The van der Waals surface area contributed by atoms with Crippen LogP contribution in [0.1, 0.15) is 27.9 Å². The minimum Gasteiger partial charge on any atom is -0.511 e. The number of hydrogen-bond donors (Lipinski definition) is 4. The molecule has 3 aliphatic carbocycles. The van der Waals surface area contributed by atoms with E-state index in [1.807, 2.05) is 19.0 Å². The molecule has 0 aromatic heterocycles. The van der Waals surface area contributed by atoms with Crippen LogP contribution in [-0.2, 0) is 22.6 Å². The van der Waals surface area contributed by atoms with E-state index in [4.69, 9.17) is 5.73 Å². The summed E-state index contributed by atoms with van der Waals surface area (Å²) < 4.78 is 12.9. The number of aromatic hydroxyl groups is 1. The van der Waals surface area contributed by atoms with Gasteiger partial charge in [0.05, 0.1) is 17.5 Å². The number of ketones is 2. The lowest BCUT2D eigenvalue weighted by atomic mass is 9.60. The van der Waals surface area contributed by atoms with Gasteiger partial charge in [0.1, 0.15) is 29.5 Å². The summed E-state index contributed by atoms with van der Waals surface area (Å²) in [7, 11) is 8.72. The number of anilines is 1. The maximum atomic E-state index is 14.0. The Bertz CT molecular complexity index is 1270. The highest BCUT2D eigenvalue weighted by Gasteiger charge is 2.54. The Kier molecular flexibility index (Phi) is 7.28. The van der Waals surface area contributed by atoms with Crippen LogP contribution in [0.4, 0.5) is 10.1 Å². The summed E-state index contributed by atoms with van der Waals surface area (Å²) in [4.78, 5) is 44.6. The molecule has 0 spiro atoms. The minimum atomic E-state index is -1.23. The monoisotopic (exact) mass is 530 g/mol. The number of benzene rings is 1. The lowest BCUT2D eigenvalue weighted by molar-refractivity contribution is -0.127. The molecule has 4 atom stereocenters. The molecule has 11 heteroatoms. The summed E-state index contributed by atoms with van der Waals surface area (Å²) in [6.07, 6.45) is 0.599. The first-order chi connectivity index (χ1) is 17.8. The van der Waals surface area contributed by atoms with Crippen molar-refractivity contribution in [3.05, 3.63) is 45.4 Å². The van der Waals surface area contributed by atoms with Crippen LogP contribution in [0.5, 0.6) is 5.75 Å². The minimum absolute atomic E-state index is 0.0316. The second-order valence-electron chi connectivity index (χ2n) is 10.9. The molecule has 0 saturated carbocycles.